The van der Waals surface area contributed by atoms with Crippen molar-refractivity contribution in [3.8, 4) is 0 Å². The van der Waals surface area contributed by atoms with Gasteiger partial charge in [0, 0.05) is 12.6 Å². The Hall–Kier alpha value is -1.30. The second kappa shape index (κ2) is 7.33. The van der Waals surface area contributed by atoms with Crippen LogP contribution in [0.25, 0.3) is 0 Å². The molecule has 3 unspecified atom stereocenters. The number of likely N-dealkylation sites (tertiary alicyclic amines) is 1. The topological polar surface area (TPSA) is 81.7 Å². The molecule has 6 heteroatoms. The van der Waals surface area contributed by atoms with Gasteiger partial charge in [0.15, 0.2) is 0 Å². The first-order chi connectivity index (χ1) is 8.93. The fourth-order valence-electron chi connectivity index (χ4n) is 2.48. The lowest BCUT2D eigenvalue weighted by molar-refractivity contribution is -0.139. The van der Waals surface area contributed by atoms with Crippen LogP contribution < -0.4 is 10.6 Å². The molecule has 2 amide bonds. The molecule has 0 aromatic rings. The minimum Gasteiger partial charge on any atom is -0.480 e. The molecule has 0 radical (unpaired) electrons. The number of piperidine rings is 1. The minimum absolute atomic E-state index is 0.118. The number of rotatable bonds is 5. The van der Waals surface area contributed by atoms with Crippen LogP contribution in [0.5, 0.6) is 0 Å². The summed E-state index contributed by atoms with van der Waals surface area (Å²) in [6.07, 6.45) is 2.07. The zero-order valence-electron chi connectivity index (χ0n) is 12.0. The number of nitrogens with one attached hydrogen (secondary N) is 2. The lowest BCUT2D eigenvalue weighted by atomic mass is 9.94. The molecule has 0 saturated carbocycles. The van der Waals surface area contributed by atoms with Crippen LogP contribution in [-0.4, -0.2) is 54.2 Å². The number of urea groups is 1. The van der Waals surface area contributed by atoms with E-state index in [4.69, 9.17) is 5.11 Å². The van der Waals surface area contributed by atoms with E-state index in [2.05, 4.69) is 29.5 Å². The quantitative estimate of drug-likeness (QED) is 0.693. The average molecular weight is 271 g/mol. The van der Waals surface area contributed by atoms with Gasteiger partial charge in [0.1, 0.15) is 6.04 Å². The van der Waals surface area contributed by atoms with Gasteiger partial charge in [-0.25, -0.2) is 9.59 Å². The van der Waals surface area contributed by atoms with Gasteiger partial charge in [0.05, 0.1) is 0 Å². The van der Waals surface area contributed by atoms with Gasteiger partial charge in [-0.1, -0.05) is 20.3 Å². The molecule has 3 atom stereocenters. The molecule has 0 aliphatic carbocycles. The van der Waals surface area contributed by atoms with Gasteiger partial charge in [0.25, 0.3) is 0 Å². The molecule has 3 N–H and O–H groups in total. The highest BCUT2D eigenvalue weighted by molar-refractivity contribution is 5.82. The third kappa shape index (κ3) is 5.06. The molecule has 0 aromatic heterocycles. The normalized spacial score (nSPS) is 25.6. The van der Waals surface area contributed by atoms with E-state index in [9.17, 15) is 9.59 Å². The summed E-state index contributed by atoms with van der Waals surface area (Å²) in [6.45, 7) is 5.89. The van der Waals surface area contributed by atoms with E-state index in [1.807, 2.05) is 6.92 Å². The van der Waals surface area contributed by atoms with Crippen LogP contribution in [0.2, 0.25) is 0 Å². The van der Waals surface area contributed by atoms with Gasteiger partial charge in [-0.2, -0.15) is 0 Å². The molecule has 1 saturated heterocycles. The van der Waals surface area contributed by atoms with E-state index < -0.39 is 12.0 Å². The van der Waals surface area contributed by atoms with Crippen molar-refractivity contribution < 1.29 is 14.7 Å². The van der Waals surface area contributed by atoms with Crippen LogP contribution in [0.1, 0.15) is 33.1 Å². The maximum atomic E-state index is 11.8. The molecule has 0 spiro atoms. The monoisotopic (exact) mass is 271 g/mol. The summed E-state index contributed by atoms with van der Waals surface area (Å²) in [5, 5.41) is 14.4. The van der Waals surface area contributed by atoms with Crippen LogP contribution in [0.3, 0.4) is 0 Å². The summed E-state index contributed by atoms with van der Waals surface area (Å²) in [5.41, 5.74) is 0. The van der Waals surface area contributed by atoms with E-state index in [0.717, 1.165) is 25.9 Å². The first-order valence-corrected chi connectivity index (χ1v) is 6.92. The number of aliphatic carboxylic acids is 1. The number of carboxylic acids is 1. The van der Waals surface area contributed by atoms with Crippen molar-refractivity contribution in [3.05, 3.63) is 0 Å². The molecular formula is C13H25N3O3. The summed E-state index contributed by atoms with van der Waals surface area (Å²) < 4.78 is 0. The number of hydrogen-bond donors (Lipinski definition) is 3. The minimum atomic E-state index is -0.978. The Bertz CT molecular complexity index is 322. The molecule has 19 heavy (non-hydrogen) atoms. The number of carboxylic acid groups (broad SMARTS) is 1. The fourth-order valence-corrected chi connectivity index (χ4v) is 2.48. The Kier molecular flexibility index (Phi) is 6.08. The fraction of sp³-hybridized carbons (Fsp3) is 0.846. The first kappa shape index (κ1) is 15.8. The highest BCUT2D eigenvalue weighted by Crippen LogP contribution is 2.15. The summed E-state index contributed by atoms with van der Waals surface area (Å²) in [6, 6.07) is -1.05. The Labute approximate surface area is 114 Å². The van der Waals surface area contributed by atoms with Crippen LogP contribution >= 0.6 is 0 Å². The summed E-state index contributed by atoms with van der Waals surface area (Å²) in [4.78, 5) is 25.0. The van der Waals surface area contributed by atoms with Crippen molar-refractivity contribution in [1.82, 2.24) is 15.5 Å². The van der Waals surface area contributed by atoms with Crippen molar-refractivity contribution in [2.75, 3.05) is 20.1 Å². The van der Waals surface area contributed by atoms with Gasteiger partial charge < -0.3 is 20.6 Å². The Morgan fingerprint density at radius 3 is 2.68 bits per heavy atom. The van der Waals surface area contributed by atoms with Gasteiger partial charge in [-0.3, -0.25) is 0 Å². The van der Waals surface area contributed by atoms with E-state index in [1.165, 1.54) is 0 Å². The van der Waals surface area contributed by atoms with Crippen LogP contribution in [0.4, 0.5) is 4.79 Å². The number of hydrogen-bond acceptors (Lipinski definition) is 3. The summed E-state index contributed by atoms with van der Waals surface area (Å²) in [5.74, 6) is -0.604. The molecule has 0 aromatic carbocycles. The Morgan fingerprint density at radius 2 is 2.16 bits per heavy atom. The van der Waals surface area contributed by atoms with Gasteiger partial charge in [-0.05, 0) is 32.4 Å². The van der Waals surface area contributed by atoms with Crippen molar-refractivity contribution >= 4 is 12.0 Å². The highest BCUT2D eigenvalue weighted by atomic mass is 16.4. The predicted molar refractivity (Wildman–Crippen MR) is 73.1 cm³/mol. The van der Waals surface area contributed by atoms with Crippen LogP contribution in [0, 0.1) is 5.92 Å². The zero-order valence-corrected chi connectivity index (χ0v) is 12.0. The number of amides is 2. The molecule has 1 heterocycles. The molecule has 1 rings (SSSR count). The largest absolute Gasteiger partial charge is 0.480 e. The number of carbonyl (C=O) groups excluding carboxylic acids is 1. The van der Waals surface area contributed by atoms with E-state index >= 15 is 0 Å². The lowest BCUT2D eigenvalue weighted by Gasteiger charge is -2.35. The van der Waals surface area contributed by atoms with E-state index in [-0.39, 0.29) is 12.1 Å². The Balaban J connectivity index is 2.43. The summed E-state index contributed by atoms with van der Waals surface area (Å²) in [7, 11) is 2.06. The predicted octanol–water partition coefficient (Wildman–Crippen LogP) is 0.879. The standard InChI is InChI=1S/C13H25N3O3/c1-4-5-11(12(17)18)15-13(19)14-10-6-7-16(3)8-9(10)2/h9-11H,4-8H2,1-3H3,(H,17,18)(H2,14,15,19). The van der Waals surface area contributed by atoms with Crippen molar-refractivity contribution in [1.29, 1.82) is 0 Å². The molecule has 110 valence electrons. The third-order valence-corrected chi connectivity index (χ3v) is 3.61. The first-order valence-electron chi connectivity index (χ1n) is 6.92. The number of carbonyl (C=O) groups is 2. The molecular weight excluding hydrogens is 246 g/mol. The van der Waals surface area contributed by atoms with Gasteiger partial charge >= 0.3 is 12.0 Å². The smallest absolute Gasteiger partial charge is 0.326 e. The average Bonchev–Trinajstić information content (AvgIpc) is 2.32. The van der Waals surface area contributed by atoms with Crippen molar-refractivity contribution in [2.45, 2.75) is 45.2 Å². The molecule has 1 aliphatic rings. The lowest BCUT2D eigenvalue weighted by Crippen LogP contribution is -2.54. The summed E-state index contributed by atoms with van der Waals surface area (Å²) >= 11 is 0. The second-order valence-corrected chi connectivity index (χ2v) is 5.43. The highest BCUT2D eigenvalue weighted by Gasteiger charge is 2.27. The number of nitrogens with zero attached hydrogens (tertiary/aromatic N) is 1. The Morgan fingerprint density at radius 1 is 1.47 bits per heavy atom. The molecule has 6 nitrogen and oxygen atoms in total. The van der Waals surface area contributed by atoms with Crippen molar-refractivity contribution in [3.63, 3.8) is 0 Å². The SMILES string of the molecule is CCCC(NC(=O)NC1CCN(C)CC1C)C(=O)O. The van der Waals surface area contributed by atoms with Gasteiger partial charge in [0.2, 0.25) is 0 Å². The van der Waals surface area contributed by atoms with Crippen LogP contribution in [0.15, 0.2) is 0 Å². The maximum Gasteiger partial charge on any atom is 0.326 e. The van der Waals surface area contributed by atoms with E-state index in [1.54, 1.807) is 0 Å². The van der Waals surface area contributed by atoms with Gasteiger partial charge in [-0.15, -0.1) is 0 Å². The maximum absolute atomic E-state index is 11.8. The van der Waals surface area contributed by atoms with E-state index in [0.29, 0.717) is 12.3 Å². The molecule has 1 fully saturated rings. The second-order valence-electron chi connectivity index (χ2n) is 5.43. The zero-order chi connectivity index (χ0) is 14.4. The molecule has 0 bridgehead atoms. The molecule has 1 aliphatic heterocycles. The third-order valence-electron chi connectivity index (χ3n) is 3.61. The van der Waals surface area contributed by atoms with Crippen molar-refractivity contribution in [2.24, 2.45) is 5.92 Å². The van der Waals surface area contributed by atoms with Crippen LogP contribution in [-0.2, 0) is 4.79 Å².